The second kappa shape index (κ2) is 4.63. The molecule has 0 fully saturated rings. The molecule has 0 aliphatic rings. The third kappa shape index (κ3) is 2.59. The van der Waals surface area contributed by atoms with E-state index in [1.807, 2.05) is 6.92 Å². The fraction of sp³-hybridized carbons (Fsp3) is 0.400. The molecule has 0 aliphatic carbocycles. The number of anilines is 1. The lowest BCUT2D eigenvalue weighted by Crippen LogP contribution is -2.10. The predicted molar refractivity (Wildman–Crippen MR) is 57.4 cm³/mol. The summed E-state index contributed by atoms with van der Waals surface area (Å²) in [5.74, 6) is -0.174. The maximum atomic E-state index is 11.4. The number of nitrogens with two attached hydrogens (primary N) is 1. The molecule has 2 N–H and O–H groups in total. The topological polar surface area (TPSA) is 70.1 Å². The fourth-order valence-electron chi connectivity index (χ4n) is 1.17. The molecule has 1 heterocycles. The van der Waals surface area contributed by atoms with E-state index in [-0.39, 0.29) is 5.69 Å². The summed E-state index contributed by atoms with van der Waals surface area (Å²) in [6.07, 6.45) is 1.51. The molecule has 82 valence electrons. The highest BCUT2D eigenvalue weighted by Gasteiger charge is 2.16. The van der Waals surface area contributed by atoms with Crippen LogP contribution in [0.15, 0.2) is 18.5 Å². The molecule has 1 rings (SSSR count). The lowest BCUT2D eigenvalue weighted by molar-refractivity contribution is 0.0521. The number of esters is 1. The number of hydrogen-bond donors (Lipinski definition) is 1. The van der Waals surface area contributed by atoms with Crippen LogP contribution in [0.2, 0.25) is 0 Å². The van der Waals surface area contributed by atoms with Crippen LogP contribution in [0.5, 0.6) is 0 Å². The summed E-state index contributed by atoms with van der Waals surface area (Å²) in [5, 5.41) is 0. The van der Waals surface area contributed by atoms with Crippen LogP contribution in [0.1, 0.15) is 24.3 Å². The van der Waals surface area contributed by atoms with Gasteiger partial charge in [0.1, 0.15) is 5.82 Å². The molecule has 5 nitrogen and oxygen atoms in total. The van der Waals surface area contributed by atoms with Crippen molar-refractivity contribution in [3.63, 3.8) is 0 Å². The van der Waals surface area contributed by atoms with E-state index in [0.717, 1.165) is 5.57 Å². The first-order valence-electron chi connectivity index (χ1n) is 4.68. The van der Waals surface area contributed by atoms with Gasteiger partial charge in [-0.2, -0.15) is 0 Å². The summed E-state index contributed by atoms with van der Waals surface area (Å²) < 4.78 is 6.47. The van der Waals surface area contributed by atoms with E-state index in [4.69, 9.17) is 10.5 Å². The monoisotopic (exact) mass is 209 g/mol. The average Bonchev–Trinajstić information content (AvgIpc) is 2.48. The van der Waals surface area contributed by atoms with Crippen molar-refractivity contribution in [1.82, 2.24) is 9.55 Å². The van der Waals surface area contributed by atoms with Gasteiger partial charge in [-0.05, 0) is 13.8 Å². The molecule has 0 spiro atoms. The van der Waals surface area contributed by atoms with E-state index in [1.54, 1.807) is 11.5 Å². The van der Waals surface area contributed by atoms with Gasteiger partial charge < -0.3 is 15.0 Å². The van der Waals surface area contributed by atoms with Crippen LogP contribution in [0.4, 0.5) is 5.82 Å². The minimum absolute atomic E-state index is 0.165. The molecule has 0 amide bonds. The lowest BCUT2D eigenvalue weighted by atomic mass is 10.3. The first-order chi connectivity index (χ1) is 7.06. The maximum Gasteiger partial charge on any atom is 0.360 e. The van der Waals surface area contributed by atoms with Crippen LogP contribution in [0.25, 0.3) is 0 Å². The van der Waals surface area contributed by atoms with E-state index in [0.29, 0.717) is 19.0 Å². The highest BCUT2D eigenvalue weighted by molar-refractivity contribution is 5.92. The molecule has 0 aliphatic heterocycles. The Morgan fingerprint density at radius 1 is 1.73 bits per heavy atom. The number of rotatable bonds is 4. The number of aromatic nitrogens is 2. The van der Waals surface area contributed by atoms with Gasteiger partial charge in [0.2, 0.25) is 0 Å². The molecule has 0 unspecified atom stereocenters. The molecule has 0 saturated carbocycles. The van der Waals surface area contributed by atoms with Gasteiger partial charge in [-0.1, -0.05) is 12.2 Å². The van der Waals surface area contributed by atoms with Gasteiger partial charge in [0.15, 0.2) is 5.69 Å². The van der Waals surface area contributed by atoms with Crippen molar-refractivity contribution >= 4 is 11.8 Å². The molecule has 0 aromatic carbocycles. The van der Waals surface area contributed by atoms with Gasteiger partial charge in [-0.15, -0.1) is 0 Å². The third-order valence-electron chi connectivity index (χ3n) is 1.79. The third-order valence-corrected chi connectivity index (χ3v) is 1.79. The minimum atomic E-state index is -0.490. The van der Waals surface area contributed by atoms with Crippen molar-refractivity contribution in [2.75, 3.05) is 12.3 Å². The molecule has 0 saturated heterocycles. The maximum absolute atomic E-state index is 11.4. The number of allylic oxidation sites excluding steroid dienone is 1. The largest absolute Gasteiger partial charge is 0.461 e. The van der Waals surface area contributed by atoms with Crippen LogP contribution < -0.4 is 5.73 Å². The zero-order valence-electron chi connectivity index (χ0n) is 8.99. The zero-order chi connectivity index (χ0) is 11.4. The molecule has 15 heavy (non-hydrogen) atoms. The molecule has 0 bridgehead atoms. The molecular weight excluding hydrogens is 194 g/mol. The Hall–Kier alpha value is -1.78. The van der Waals surface area contributed by atoms with Crippen molar-refractivity contribution in [2.24, 2.45) is 0 Å². The van der Waals surface area contributed by atoms with Crippen LogP contribution in [0, 0.1) is 0 Å². The summed E-state index contributed by atoms with van der Waals surface area (Å²) in [4.78, 5) is 15.3. The van der Waals surface area contributed by atoms with Crippen molar-refractivity contribution in [3.05, 3.63) is 24.2 Å². The van der Waals surface area contributed by atoms with Gasteiger partial charge in [0, 0.05) is 6.54 Å². The molecule has 1 aromatic heterocycles. The molecule has 1 aromatic rings. The summed E-state index contributed by atoms with van der Waals surface area (Å²) in [5.41, 5.74) is 6.85. The van der Waals surface area contributed by atoms with E-state index < -0.39 is 5.97 Å². The SMILES string of the molecule is C=C(C)Cn1cnc(C(=O)OCC)c1N. The summed E-state index contributed by atoms with van der Waals surface area (Å²) >= 11 is 0. The van der Waals surface area contributed by atoms with E-state index in [1.165, 1.54) is 6.33 Å². The fourth-order valence-corrected chi connectivity index (χ4v) is 1.17. The molecule has 5 heteroatoms. The second-order valence-corrected chi connectivity index (χ2v) is 3.28. The first-order valence-corrected chi connectivity index (χ1v) is 4.68. The van der Waals surface area contributed by atoms with E-state index >= 15 is 0 Å². The highest BCUT2D eigenvalue weighted by atomic mass is 16.5. The van der Waals surface area contributed by atoms with Crippen molar-refractivity contribution < 1.29 is 9.53 Å². The number of hydrogen-bond acceptors (Lipinski definition) is 4. The van der Waals surface area contributed by atoms with E-state index in [2.05, 4.69) is 11.6 Å². The summed E-state index contributed by atoms with van der Waals surface area (Å²) in [6, 6.07) is 0. The number of carbonyl (C=O) groups excluding carboxylic acids is 1. The van der Waals surface area contributed by atoms with Gasteiger partial charge in [-0.3, -0.25) is 0 Å². The Labute approximate surface area is 88.6 Å². The molecular formula is C10H15N3O2. The molecule has 0 radical (unpaired) electrons. The van der Waals surface area contributed by atoms with E-state index in [9.17, 15) is 4.79 Å². The van der Waals surface area contributed by atoms with Gasteiger partial charge in [0.25, 0.3) is 0 Å². The quantitative estimate of drug-likeness (QED) is 0.598. The van der Waals surface area contributed by atoms with Gasteiger partial charge in [-0.25, -0.2) is 9.78 Å². The van der Waals surface area contributed by atoms with Crippen LogP contribution >= 0.6 is 0 Å². The Balaban J connectivity index is 2.88. The standard InChI is InChI=1S/C10H15N3O2/c1-4-15-10(14)8-9(11)13(6-12-8)5-7(2)3/h6H,2,4-5,11H2,1,3H3. The number of ether oxygens (including phenoxy) is 1. The average molecular weight is 209 g/mol. The second-order valence-electron chi connectivity index (χ2n) is 3.28. The molecule has 0 atom stereocenters. The van der Waals surface area contributed by atoms with Crippen molar-refractivity contribution in [3.8, 4) is 0 Å². The number of nitrogens with zero attached hydrogens (tertiary/aromatic N) is 2. The van der Waals surface area contributed by atoms with Crippen LogP contribution in [0.3, 0.4) is 0 Å². The summed E-state index contributed by atoms with van der Waals surface area (Å²) in [7, 11) is 0. The lowest BCUT2D eigenvalue weighted by Gasteiger charge is -2.04. The highest BCUT2D eigenvalue weighted by Crippen LogP contribution is 2.12. The Kier molecular flexibility index (Phi) is 3.49. The van der Waals surface area contributed by atoms with Gasteiger partial charge >= 0.3 is 5.97 Å². The number of carbonyl (C=O) groups is 1. The predicted octanol–water partition coefficient (Wildman–Crippen LogP) is 1.22. The van der Waals surface area contributed by atoms with Crippen LogP contribution in [-0.4, -0.2) is 22.1 Å². The Morgan fingerprint density at radius 3 is 2.93 bits per heavy atom. The summed E-state index contributed by atoms with van der Waals surface area (Å²) in [6.45, 7) is 8.24. The van der Waals surface area contributed by atoms with Crippen molar-refractivity contribution in [2.45, 2.75) is 20.4 Å². The minimum Gasteiger partial charge on any atom is -0.461 e. The smallest absolute Gasteiger partial charge is 0.360 e. The zero-order valence-corrected chi connectivity index (χ0v) is 8.99. The normalized spacial score (nSPS) is 10.0. The van der Waals surface area contributed by atoms with Crippen LogP contribution in [-0.2, 0) is 11.3 Å². The Bertz CT molecular complexity index is 382. The first kappa shape index (κ1) is 11.3. The van der Waals surface area contributed by atoms with Crippen molar-refractivity contribution in [1.29, 1.82) is 0 Å². The number of nitrogen functional groups attached to an aromatic ring is 1. The van der Waals surface area contributed by atoms with Gasteiger partial charge in [0.05, 0.1) is 12.9 Å². The number of imidazole rings is 1. The Morgan fingerprint density at radius 2 is 2.40 bits per heavy atom.